The van der Waals surface area contributed by atoms with Crippen molar-refractivity contribution in [3.63, 3.8) is 0 Å². The fraction of sp³-hybridized carbons (Fsp3) is 0.0625. The van der Waals surface area contributed by atoms with Gasteiger partial charge in [0.2, 0.25) is 0 Å². The number of hydrogen-bond donors (Lipinski definition) is 1. The summed E-state index contributed by atoms with van der Waals surface area (Å²) in [6.45, 7) is 0. The van der Waals surface area contributed by atoms with Crippen LogP contribution in [0.5, 0.6) is 0 Å². The van der Waals surface area contributed by atoms with Gasteiger partial charge in [0.15, 0.2) is 0 Å². The average molecular weight is 276 g/mol. The monoisotopic (exact) mass is 276 g/mol. The number of H-pyrrole nitrogens is 1. The van der Waals surface area contributed by atoms with Crippen molar-refractivity contribution in [2.45, 2.75) is 0 Å². The summed E-state index contributed by atoms with van der Waals surface area (Å²) in [4.78, 5) is 23.2. The first-order chi connectivity index (χ1) is 10.2. The van der Waals surface area contributed by atoms with Crippen molar-refractivity contribution in [3.05, 3.63) is 59.4 Å². The van der Waals surface area contributed by atoms with Crippen molar-refractivity contribution in [2.75, 3.05) is 0 Å². The van der Waals surface area contributed by atoms with Crippen LogP contribution in [0.15, 0.2) is 53.7 Å². The van der Waals surface area contributed by atoms with Gasteiger partial charge in [0.05, 0.1) is 22.7 Å². The first kappa shape index (κ1) is 11.8. The number of hydrogen-bond acceptors (Lipinski definition) is 3. The molecule has 0 aliphatic heterocycles. The number of nitrogens with one attached hydrogen (secondary N) is 1. The molecule has 0 spiro atoms. The molecule has 0 aliphatic rings. The van der Waals surface area contributed by atoms with Gasteiger partial charge in [-0.25, -0.2) is 4.79 Å². The minimum atomic E-state index is -0.133. The number of fused-ring (bicyclic) bond motifs is 3. The lowest BCUT2D eigenvalue weighted by molar-refractivity contribution is 0.894. The molecule has 21 heavy (non-hydrogen) atoms. The molecule has 1 aromatic carbocycles. The Morgan fingerprint density at radius 1 is 1.14 bits per heavy atom. The van der Waals surface area contributed by atoms with E-state index in [1.54, 1.807) is 24.0 Å². The maximum Gasteiger partial charge on any atom is 0.326 e. The molecule has 0 unspecified atom stereocenters. The van der Waals surface area contributed by atoms with Gasteiger partial charge < -0.3 is 4.98 Å². The van der Waals surface area contributed by atoms with Gasteiger partial charge in [0, 0.05) is 30.4 Å². The number of benzene rings is 1. The van der Waals surface area contributed by atoms with Gasteiger partial charge in [0.25, 0.3) is 0 Å². The summed E-state index contributed by atoms with van der Waals surface area (Å²) in [6, 6.07) is 9.95. The number of aromatic nitrogens is 4. The molecular weight excluding hydrogens is 264 g/mol. The van der Waals surface area contributed by atoms with Crippen LogP contribution in [-0.4, -0.2) is 19.5 Å². The van der Waals surface area contributed by atoms with E-state index in [2.05, 4.69) is 21.0 Å². The molecule has 0 aliphatic carbocycles. The van der Waals surface area contributed by atoms with E-state index in [0.717, 1.165) is 33.1 Å². The second-order valence-corrected chi connectivity index (χ2v) is 4.98. The quantitative estimate of drug-likeness (QED) is 0.581. The molecule has 102 valence electrons. The Labute approximate surface area is 119 Å². The lowest BCUT2D eigenvalue weighted by Gasteiger charge is -2.05. The zero-order valence-electron chi connectivity index (χ0n) is 11.4. The molecule has 3 aromatic heterocycles. The Bertz CT molecular complexity index is 1010. The highest BCUT2D eigenvalue weighted by Gasteiger charge is 2.09. The molecule has 0 fully saturated rings. The number of imidazole rings is 1. The summed E-state index contributed by atoms with van der Waals surface area (Å²) >= 11 is 0. The van der Waals surface area contributed by atoms with E-state index in [4.69, 9.17) is 0 Å². The maximum atomic E-state index is 11.8. The van der Waals surface area contributed by atoms with E-state index in [0.29, 0.717) is 0 Å². The van der Waals surface area contributed by atoms with Crippen molar-refractivity contribution in [3.8, 4) is 11.1 Å². The van der Waals surface area contributed by atoms with Crippen LogP contribution in [0.2, 0.25) is 0 Å². The van der Waals surface area contributed by atoms with E-state index in [1.807, 2.05) is 30.5 Å². The number of rotatable bonds is 1. The number of aromatic amines is 1. The van der Waals surface area contributed by atoms with E-state index in [-0.39, 0.29) is 5.69 Å². The zero-order valence-corrected chi connectivity index (χ0v) is 11.4. The molecule has 4 rings (SSSR count). The summed E-state index contributed by atoms with van der Waals surface area (Å²) in [7, 11) is 1.76. The predicted molar refractivity (Wildman–Crippen MR) is 82.1 cm³/mol. The highest BCUT2D eigenvalue weighted by atomic mass is 16.1. The molecule has 5 nitrogen and oxygen atoms in total. The molecule has 0 bridgehead atoms. The molecule has 3 heterocycles. The molecule has 0 saturated carbocycles. The fourth-order valence-electron chi connectivity index (χ4n) is 2.65. The predicted octanol–water partition coefficient (Wildman–Crippen LogP) is 2.48. The van der Waals surface area contributed by atoms with Crippen LogP contribution >= 0.6 is 0 Å². The molecule has 0 amide bonds. The van der Waals surface area contributed by atoms with Crippen LogP contribution in [0.1, 0.15) is 0 Å². The SMILES string of the molecule is Cn1c(=O)[nH]c2cnc3ccc(-c4cccnc4)cc3c21. The van der Waals surface area contributed by atoms with Gasteiger partial charge in [-0.05, 0) is 23.8 Å². The lowest BCUT2D eigenvalue weighted by atomic mass is 10.0. The van der Waals surface area contributed by atoms with E-state index >= 15 is 0 Å². The van der Waals surface area contributed by atoms with Gasteiger partial charge in [0.1, 0.15) is 0 Å². The van der Waals surface area contributed by atoms with Crippen molar-refractivity contribution < 1.29 is 0 Å². The Morgan fingerprint density at radius 3 is 2.86 bits per heavy atom. The second kappa shape index (κ2) is 4.28. The van der Waals surface area contributed by atoms with Crippen LogP contribution in [0.4, 0.5) is 0 Å². The van der Waals surface area contributed by atoms with Crippen LogP contribution in [-0.2, 0) is 7.05 Å². The Morgan fingerprint density at radius 2 is 2.05 bits per heavy atom. The highest BCUT2D eigenvalue weighted by Crippen LogP contribution is 2.27. The first-order valence-corrected chi connectivity index (χ1v) is 6.62. The zero-order chi connectivity index (χ0) is 14.4. The van der Waals surface area contributed by atoms with Crippen LogP contribution in [0.3, 0.4) is 0 Å². The van der Waals surface area contributed by atoms with Crippen molar-refractivity contribution in [1.29, 1.82) is 0 Å². The van der Waals surface area contributed by atoms with Gasteiger partial charge in [-0.2, -0.15) is 0 Å². The largest absolute Gasteiger partial charge is 0.326 e. The maximum absolute atomic E-state index is 11.8. The van der Waals surface area contributed by atoms with E-state index in [1.165, 1.54) is 0 Å². The van der Waals surface area contributed by atoms with Gasteiger partial charge in [-0.3, -0.25) is 14.5 Å². The highest BCUT2D eigenvalue weighted by molar-refractivity contribution is 6.03. The molecule has 0 radical (unpaired) electrons. The topological polar surface area (TPSA) is 63.6 Å². The van der Waals surface area contributed by atoms with Gasteiger partial charge >= 0.3 is 5.69 Å². The number of pyridine rings is 2. The van der Waals surface area contributed by atoms with Crippen molar-refractivity contribution in [2.24, 2.45) is 7.05 Å². The Balaban J connectivity index is 2.10. The normalized spacial score (nSPS) is 11.3. The van der Waals surface area contributed by atoms with Gasteiger partial charge in [-0.15, -0.1) is 0 Å². The van der Waals surface area contributed by atoms with Crippen molar-refractivity contribution in [1.82, 2.24) is 19.5 Å². The first-order valence-electron chi connectivity index (χ1n) is 6.62. The third kappa shape index (κ3) is 1.74. The third-order valence-electron chi connectivity index (χ3n) is 3.72. The average Bonchev–Trinajstić information content (AvgIpc) is 2.83. The molecule has 0 saturated heterocycles. The summed E-state index contributed by atoms with van der Waals surface area (Å²) in [6.07, 6.45) is 5.27. The van der Waals surface area contributed by atoms with Gasteiger partial charge in [-0.1, -0.05) is 12.1 Å². The van der Waals surface area contributed by atoms with Crippen LogP contribution in [0.25, 0.3) is 33.1 Å². The Kier molecular flexibility index (Phi) is 2.41. The third-order valence-corrected chi connectivity index (χ3v) is 3.72. The summed E-state index contributed by atoms with van der Waals surface area (Å²) in [5.74, 6) is 0. The summed E-state index contributed by atoms with van der Waals surface area (Å²) in [5.41, 5.74) is 4.44. The Hall–Kier alpha value is -2.95. The van der Waals surface area contributed by atoms with Crippen LogP contribution in [0, 0.1) is 0 Å². The minimum Gasteiger partial charge on any atom is -0.304 e. The summed E-state index contributed by atoms with van der Waals surface area (Å²) in [5, 5.41) is 0.953. The van der Waals surface area contributed by atoms with Crippen molar-refractivity contribution >= 4 is 21.9 Å². The molecule has 1 N–H and O–H groups in total. The van der Waals surface area contributed by atoms with Crippen LogP contribution < -0.4 is 5.69 Å². The standard InChI is InChI=1S/C16H12N4O/c1-20-15-12-7-10(11-3-2-6-17-8-11)4-5-13(12)18-9-14(15)19-16(20)21/h2-9H,1H3,(H,19,21). The molecule has 0 atom stereocenters. The molecular formula is C16H12N4O. The number of nitrogens with zero attached hydrogens (tertiary/aromatic N) is 3. The second-order valence-electron chi connectivity index (χ2n) is 4.98. The fourth-order valence-corrected chi connectivity index (χ4v) is 2.65. The lowest BCUT2D eigenvalue weighted by Crippen LogP contribution is -2.11. The molecule has 4 aromatic rings. The van der Waals surface area contributed by atoms with E-state index < -0.39 is 0 Å². The van der Waals surface area contributed by atoms with E-state index in [9.17, 15) is 4.79 Å². The minimum absolute atomic E-state index is 0.133. The number of aryl methyl sites for hydroxylation is 1. The molecule has 5 heteroatoms. The summed E-state index contributed by atoms with van der Waals surface area (Å²) < 4.78 is 1.62. The smallest absolute Gasteiger partial charge is 0.304 e.